The maximum Gasteiger partial charge on any atom is 0.363 e. The summed E-state index contributed by atoms with van der Waals surface area (Å²) < 4.78 is 1.64. The summed E-state index contributed by atoms with van der Waals surface area (Å²) in [5, 5.41) is 9.15. The molecule has 0 unspecified atom stereocenters. The summed E-state index contributed by atoms with van der Waals surface area (Å²) in [7, 11) is 0. The third-order valence-corrected chi connectivity index (χ3v) is 5.97. The molecule has 0 spiro atoms. The second kappa shape index (κ2) is 11.0. The Labute approximate surface area is 213 Å². The number of hydrogen-bond donors (Lipinski definition) is 0. The van der Waals surface area contributed by atoms with Crippen molar-refractivity contribution in [1.29, 1.82) is 0 Å². The lowest BCUT2D eigenvalue weighted by molar-refractivity contribution is -0.172. The summed E-state index contributed by atoms with van der Waals surface area (Å²) in [6.45, 7) is 2.13. The molecule has 1 saturated heterocycles. The van der Waals surface area contributed by atoms with Crippen molar-refractivity contribution in [3.05, 3.63) is 114 Å². The van der Waals surface area contributed by atoms with Gasteiger partial charge in [0.1, 0.15) is 0 Å². The first kappa shape index (κ1) is 24.1. The molecule has 0 aliphatic carbocycles. The fourth-order valence-corrected chi connectivity index (χ4v) is 4.12. The largest absolute Gasteiger partial charge is 0.363 e. The molecule has 2 heterocycles. The van der Waals surface area contributed by atoms with Crippen molar-refractivity contribution >= 4 is 17.8 Å². The number of aromatic nitrogens is 3. The SMILES string of the molecule is O=C(ON1C(=O)CCC1=O)c1ccc(-n2cc(CN(Cc3ccccc3)Cc3ccccc3)nn2)cc1. The van der Waals surface area contributed by atoms with Crippen LogP contribution in [-0.4, -0.2) is 42.7 Å². The topological polar surface area (TPSA) is 97.6 Å². The Hall–Kier alpha value is -4.63. The van der Waals surface area contributed by atoms with E-state index >= 15 is 0 Å². The first-order chi connectivity index (χ1) is 18.0. The lowest BCUT2D eigenvalue weighted by Gasteiger charge is -2.21. The Morgan fingerprint density at radius 1 is 0.784 bits per heavy atom. The van der Waals surface area contributed by atoms with Crippen LogP contribution >= 0.6 is 0 Å². The lowest BCUT2D eigenvalue weighted by Crippen LogP contribution is -2.32. The number of rotatable bonds is 9. The van der Waals surface area contributed by atoms with Crippen LogP contribution in [0.5, 0.6) is 0 Å². The van der Waals surface area contributed by atoms with Gasteiger partial charge in [-0.3, -0.25) is 14.5 Å². The molecule has 0 N–H and O–H groups in total. The van der Waals surface area contributed by atoms with Gasteiger partial charge in [0, 0.05) is 32.5 Å². The highest BCUT2D eigenvalue weighted by molar-refractivity contribution is 6.02. The number of benzene rings is 3. The van der Waals surface area contributed by atoms with Gasteiger partial charge in [-0.1, -0.05) is 65.9 Å². The number of carbonyl (C=O) groups excluding carboxylic acids is 3. The number of nitrogens with zero attached hydrogens (tertiary/aromatic N) is 5. The zero-order chi connectivity index (χ0) is 25.6. The number of carbonyl (C=O) groups is 3. The Morgan fingerprint density at radius 3 is 1.92 bits per heavy atom. The molecular formula is C28H25N5O4. The van der Waals surface area contributed by atoms with Gasteiger partial charge in [0.15, 0.2) is 0 Å². The molecule has 37 heavy (non-hydrogen) atoms. The van der Waals surface area contributed by atoms with Crippen LogP contribution in [-0.2, 0) is 34.1 Å². The van der Waals surface area contributed by atoms with Gasteiger partial charge < -0.3 is 4.84 Å². The molecule has 3 aromatic carbocycles. The normalized spacial score (nSPS) is 13.4. The van der Waals surface area contributed by atoms with Crippen molar-refractivity contribution in [2.45, 2.75) is 32.5 Å². The minimum absolute atomic E-state index is 0.0494. The van der Waals surface area contributed by atoms with Gasteiger partial charge in [0.2, 0.25) is 0 Å². The van der Waals surface area contributed by atoms with Crippen LogP contribution in [0.15, 0.2) is 91.1 Å². The van der Waals surface area contributed by atoms with Gasteiger partial charge in [-0.2, -0.15) is 0 Å². The van der Waals surface area contributed by atoms with E-state index in [4.69, 9.17) is 4.84 Å². The average molecular weight is 496 g/mol. The molecule has 1 aliphatic heterocycles. The van der Waals surface area contributed by atoms with Crippen LogP contribution in [0.1, 0.15) is 40.0 Å². The summed E-state index contributed by atoms with van der Waals surface area (Å²) in [5.41, 5.74) is 4.16. The summed E-state index contributed by atoms with van der Waals surface area (Å²) in [4.78, 5) is 43.0. The Balaban J connectivity index is 1.26. The lowest BCUT2D eigenvalue weighted by atomic mass is 10.1. The van der Waals surface area contributed by atoms with Crippen LogP contribution in [0.4, 0.5) is 0 Å². The summed E-state index contributed by atoms with van der Waals surface area (Å²) in [6, 6.07) is 27.1. The van der Waals surface area contributed by atoms with Crippen LogP contribution < -0.4 is 0 Å². The molecule has 9 heteroatoms. The van der Waals surface area contributed by atoms with E-state index in [0.717, 1.165) is 18.8 Å². The highest BCUT2D eigenvalue weighted by atomic mass is 16.7. The molecule has 1 aromatic heterocycles. The predicted octanol–water partition coefficient (Wildman–Crippen LogP) is 3.69. The molecule has 4 aromatic rings. The zero-order valence-electron chi connectivity index (χ0n) is 20.1. The maximum absolute atomic E-state index is 12.4. The van der Waals surface area contributed by atoms with Gasteiger partial charge in [-0.05, 0) is 35.4 Å². The van der Waals surface area contributed by atoms with Crippen LogP contribution in [0, 0.1) is 0 Å². The van der Waals surface area contributed by atoms with Crippen LogP contribution in [0.3, 0.4) is 0 Å². The molecule has 1 aliphatic rings. The molecule has 0 radical (unpaired) electrons. The first-order valence-electron chi connectivity index (χ1n) is 11.9. The average Bonchev–Trinajstić information content (AvgIpc) is 3.52. The van der Waals surface area contributed by atoms with E-state index < -0.39 is 17.8 Å². The standard InChI is InChI=1S/C28H25N5O4/c34-26-15-16-27(35)33(26)37-28(36)23-11-13-25(14-12-23)32-20-24(29-30-32)19-31(17-21-7-3-1-4-8-21)18-22-9-5-2-6-10-22/h1-14,20H,15-19H2. The molecule has 0 bridgehead atoms. The Kier molecular flexibility index (Phi) is 7.14. The number of amides is 2. The molecule has 1 fully saturated rings. The number of imide groups is 1. The minimum atomic E-state index is -0.771. The van der Waals surface area contributed by atoms with E-state index in [0.29, 0.717) is 17.3 Å². The second-order valence-corrected chi connectivity index (χ2v) is 8.78. The monoisotopic (exact) mass is 495 g/mol. The van der Waals surface area contributed by atoms with Gasteiger partial charge in [-0.25, -0.2) is 9.48 Å². The highest BCUT2D eigenvalue weighted by Crippen LogP contribution is 2.17. The van der Waals surface area contributed by atoms with Crippen molar-refractivity contribution in [1.82, 2.24) is 25.0 Å². The number of hydrogen-bond acceptors (Lipinski definition) is 7. The van der Waals surface area contributed by atoms with Gasteiger partial charge in [0.25, 0.3) is 11.8 Å². The third-order valence-electron chi connectivity index (χ3n) is 5.97. The van der Waals surface area contributed by atoms with E-state index in [2.05, 4.69) is 39.5 Å². The van der Waals surface area contributed by atoms with E-state index in [1.54, 1.807) is 28.9 Å². The quantitative estimate of drug-likeness (QED) is 0.327. The Morgan fingerprint density at radius 2 is 1.35 bits per heavy atom. The maximum atomic E-state index is 12.4. The van der Waals surface area contributed by atoms with Crippen LogP contribution in [0.2, 0.25) is 0 Å². The zero-order valence-corrected chi connectivity index (χ0v) is 20.1. The smallest absolute Gasteiger partial charge is 0.325 e. The fraction of sp³-hybridized carbons (Fsp3) is 0.179. The summed E-state index contributed by atoms with van der Waals surface area (Å²) in [6.07, 6.45) is 1.96. The number of hydroxylamine groups is 2. The van der Waals surface area contributed by atoms with E-state index in [1.807, 2.05) is 42.6 Å². The second-order valence-electron chi connectivity index (χ2n) is 8.78. The minimum Gasteiger partial charge on any atom is -0.325 e. The molecular weight excluding hydrogens is 470 g/mol. The van der Waals surface area contributed by atoms with E-state index in [1.165, 1.54) is 11.1 Å². The van der Waals surface area contributed by atoms with Gasteiger partial charge in [0.05, 0.1) is 23.1 Å². The molecule has 2 amide bonds. The predicted molar refractivity (Wildman–Crippen MR) is 134 cm³/mol. The molecule has 0 atom stereocenters. The highest BCUT2D eigenvalue weighted by Gasteiger charge is 2.33. The molecule has 9 nitrogen and oxygen atoms in total. The van der Waals surface area contributed by atoms with Crippen molar-refractivity contribution in [3.63, 3.8) is 0 Å². The fourth-order valence-electron chi connectivity index (χ4n) is 4.12. The van der Waals surface area contributed by atoms with Crippen LogP contribution in [0.25, 0.3) is 5.69 Å². The van der Waals surface area contributed by atoms with Crippen molar-refractivity contribution in [2.75, 3.05) is 0 Å². The Bertz CT molecular complexity index is 1330. The summed E-state index contributed by atoms with van der Waals surface area (Å²) in [5.74, 6) is -1.80. The van der Waals surface area contributed by atoms with Crippen molar-refractivity contribution in [2.24, 2.45) is 0 Å². The third kappa shape index (κ3) is 5.96. The molecule has 5 rings (SSSR count). The molecule has 186 valence electrons. The van der Waals surface area contributed by atoms with Gasteiger partial charge in [-0.15, -0.1) is 10.2 Å². The first-order valence-corrected chi connectivity index (χ1v) is 11.9. The van der Waals surface area contributed by atoms with Gasteiger partial charge >= 0.3 is 5.97 Å². The summed E-state index contributed by atoms with van der Waals surface area (Å²) >= 11 is 0. The van der Waals surface area contributed by atoms with E-state index in [-0.39, 0.29) is 18.4 Å². The molecule has 0 saturated carbocycles. The van der Waals surface area contributed by atoms with Crippen molar-refractivity contribution in [3.8, 4) is 5.69 Å². The van der Waals surface area contributed by atoms with Crippen molar-refractivity contribution < 1.29 is 19.2 Å². The van der Waals surface area contributed by atoms with E-state index in [9.17, 15) is 14.4 Å².